The molecule has 0 bridgehead atoms. The van der Waals surface area contributed by atoms with Crippen molar-refractivity contribution in [2.45, 2.75) is 11.8 Å². The summed E-state index contributed by atoms with van der Waals surface area (Å²) in [5, 5.41) is 0.311. The Bertz CT molecular complexity index is 814. The number of methoxy groups -OCH3 is 1. The number of carbonyl (C=O) groups is 1. The van der Waals surface area contributed by atoms with E-state index < -0.39 is 16.1 Å². The Morgan fingerprint density at radius 2 is 1.77 bits per heavy atom. The molecule has 7 heteroatoms. The van der Waals surface area contributed by atoms with Crippen molar-refractivity contribution >= 4 is 27.7 Å². The van der Waals surface area contributed by atoms with E-state index >= 15 is 0 Å². The zero-order chi connectivity index (χ0) is 16.3. The molecule has 0 aliphatic rings. The Morgan fingerprint density at radius 3 is 2.45 bits per heavy atom. The minimum atomic E-state index is -4.12. The van der Waals surface area contributed by atoms with E-state index in [4.69, 9.17) is 15.8 Å². The van der Waals surface area contributed by atoms with Gasteiger partial charge in [0, 0.05) is 5.02 Å². The van der Waals surface area contributed by atoms with E-state index in [1.807, 2.05) is 0 Å². The third-order valence-corrected chi connectivity index (χ3v) is 4.77. The van der Waals surface area contributed by atoms with Gasteiger partial charge in [-0.3, -0.25) is 0 Å². The fourth-order valence-corrected chi connectivity index (χ4v) is 3.27. The van der Waals surface area contributed by atoms with Gasteiger partial charge in [-0.25, -0.2) is 4.79 Å². The zero-order valence-electron chi connectivity index (χ0n) is 11.9. The van der Waals surface area contributed by atoms with Crippen LogP contribution in [-0.4, -0.2) is 21.5 Å². The number of hydrogen-bond donors (Lipinski definition) is 0. The molecule has 2 rings (SSSR count). The van der Waals surface area contributed by atoms with E-state index in [1.54, 1.807) is 25.1 Å². The molecule has 116 valence electrons. The Labute approximate surface area is 133 Å². The first-order valence-corrected chi connectivity index (χ1v) is 8.02. The first kappa shape index (κ1) is 16.3. The lowest BCUT2D eigenvalue weighted by Crippen LogP contribution is -2.14. The van der Waals surface area contributed by atoms with Gasteiger partial charge in [0.05, 0.1) is 7.11 Å². The molecule has 2 aromatic rings. The summed E-state index contributed by atoms with van der Waals surface area (Å²) in [6.07, 6.45) is 0. The molecular formula is C15H13ClO5S. The van der Waals surface area contributed by atoms with E-state index in [1.165, 1.54) is 31.4 Å². The average Bonchev–Trinajstić information content (AvgIpc) is 2.49. The summed E-state index contributed by atoms with van der Waals surface area (Å²) in [5.41, 5.74) is 0.396. The van der Waals surface area contributed by atoms with Gasteiger partial charge >= 0.3 is 16.1 Å². The van der Waals surface area contributed by atoms with Gasteiger partial charge < -0.3 is 8.92 Å². The van der Waals surface area contributed by atoms with Crippen LogP contribution in [0.4, 0.5) is 0 Å². The second kappa shape index (κ2) is 6.37. The van der Waals surface area contributed by atoms with Crippen molar-refractivity contribution in [3.63, 3.8) is 0 Å². The Morgan fingerprint density at radius 1 is 1.09 bits per heavy atom. The number of esters is 1. The second-order valence-electron chi connectivity index (χ2n) is 4.39. The molecule has 0 aliphatic heterocycles. The Hall–Kier alpha value is -2.05. The largest absolute Gasteiger partial charge is 0.465 e. The molecule has 0 aromatic heterocycles. The van der Waals surface area contributed by atoms with E-state index in [0.29, 0.717) is 10.6 Å². The summed E-state index contributed by atoms with van der Waals surface area (Å²) in [6.45, 7) is 1.57. The molecule has 0 fully saturated rings. The third-order valence-electron chi connectivity index (χ3n) is 2.98. The Balaban J connectivity index is 2.46. The molecule has 0 heterocycles. The fourth-order valence-electron chi connectivity index (χ4n) is 1.84. The molecule has 0 spiro atoms. The van der Waals surface area contributed by atoms with Crippen molar-refractivity contribution < 1.29 is 22.1 Å². The SMILES string of the molecule is COC(=O)c1ccccc1OS(=O)(=O)c1cccc(Cl)c1C. The number of carbonyl (C=O) groups excluding carboxylic acids is 1. The van der Waals surface area contributed by atoms with Gasteiger partial charge in [-0.05, 0) is 36.8 Å². The average molecular weight is 341 g/mol. The summed E-state index contributed by atoms with van der Waals surface area (Å²) < 4.78 is 34.5. The van der Waals surface area contributed by atoms with Gasteiger partial charge in [-0.2, -0.15) is 8.42 Å². The molecule has 5 nitrogen and oxygen atoms in total. The Kier molecular flexibility index (Phi) is 4.73. The number of para-hydroxylation sites is 1. The highest BCUT2D eigenvalue weighted by atomic mass is 35.5. The van der Waals surface area contributed by atoms with Crippen molar-refractivity contribution in [3.8, 4) is 5.75 Å². The van der Waals surface area contributed by atoms with Gasteiger partial charge in [0.2, 0.25) is 0 Å². The van der Waals surface area contributed by atoms with Crippen molar-refractivity contribution in [3.05, 3.63) is 58.6 Å². The van der Waals surface area contributed by atoms with Crippen molar-refractivity contribution in [2.75, 3.05) is 7.11 Å². The van der Waals surface area contributed by atoms with Crippen LogP contribution in [0.2, 0.25) is 5.02 Å². The summed E-state index contributed by atoms with van der Waals surface area (Å²) in [5.74, 6) is -0.789. The molecule has 0 N–H and O–H groups in total. The van der Waals surface area contributed by atoms with Crippen LogP contribution in [0, 0.1) is 6.92 Å². The normalized spacial score (nSPS) is 11.0. The van der Waals surface area contributed by atoms with Crippen LogP contribution in [0.3, 0.4) is 0 Å². The zero-order valence-corrected chi connectivity index (χ0v) is 13.4. The quantitative estimate of drug-likeness (QED) is 0.631. The number of benzene rings is 2. The first-order valence-electron chi connectivity index (χ1n) is 6.24. The molecule has 0 radical (unpaired) electrons. The van der Waals surface area contributed by atoms with Crippen LogP contribution in [0.15, 0.2) is 47.4 Å². The minimum absolute atomic E-state index is 0.0215. The number of halogens is 1. The van der Waals surface area contributed by atoms with Crippen molar-refractivity contribution in [1.82, 2.24) is 0 Å². The van der Waals surface area contributed by atoms with Crippen LogP contribution in [-0.2, 0) is 14.9 Å². The highest BCUT2D eigenvalue weighted by Crippen LogP contribution is 2.27. The molecule has 0 aliphatic carbocycles. The van der Waals surface area contributed by atoms with E-state index in [0.717, 1.165) is 0 Å². The van der Waals surface area contributed by atoms with Gasteiger partial charge in [0.15, 0.2) is 5.75 Å². The van der Waals surface area contributed by atoms with Crippen LogP contribution in [0.5, 0.6) is 5.75 Å². The third kappa shape index (κ3) is 3.23. The second-order valence-corrected chi connectivity index (χ2v) is 6.31. The van der Waals surface area contributed by atoms with Crippen molar-refractivity contribution in [1.29, 1.82) is 0 Å². The predicted octanol–water partition coefficient (Wildman–Crippen LogP) is 3.20. The van der Waals surface area contributed by atoms with Crippen LogP contribution in [0.25, 0.3) is 0 Å². The monoisotopic (exact) mass is 340 g/mol. The molecule has 22 heavy (non-hydrogen) atoms. The number of rotatable bonds is 4. The summed E-state index contributed by atoms with van der Waals surface area (Å²) in [7, 11) is -2.92. The van der Waals surface area contributed by atoms with Gasteiger partial charge in [-0.1, -0.05) is 29.8 Å². The van der Waals surface area contributed by atoms with Crippen LogP contribution in [0.1, 0.15) is 15.9 Å². The minimum Gasteiger partial charge on any atom is -0.465 e. The summed E-state index contributed by atoms with van der Waals surface area (Å²) in [6, 6.07) is 10.4. The van der Waals surface area contributed by atoms with Gasteiger partial charge in [-0.15, -0.1) is 0 Å². The van der Waals surface area contributed by atoms with Crippen LogP contribution >= 0.6 is 11.6 Å². The molecule has 0 amide bonds. The smallest absolute Gasteiger partial charge is 0.341 e. The lowest BCUT2D eigenvalue weighted by molar-refractivity contribution is 0.0599. The lowest BCUT2D eigenvalue weighted by atomic mass is 10.2. The lowest BCUT2D eigenvalue weighted by Gasteiger charge is -2.12. The molecule has 0 saturated carbocycles. The van der Waals surface area contributed by atoms with E-state index in [2.05, 4.69) is 4.74 Å². The molecular weight excluding hydrogens is 328 g/mol. The maximum atomic E-state index is 12.4. The summed E-state index contributed by atoms with van der Waals surface area (Å²) in [4.78, 5) is 11.6. The topological polar surface area (TPSA) is 69.7 Å². The predicted molar refractivity (Wildman–Crippen MR) is 81.8 cm³/mol. The van der Waals surface area contributed by atoms with E-state index in [9.17, 15) is 13.2 Å². The molecule has 0 unspecified atom stereocenters. The first-order chi connectivity index (χ1) is 10.4. The maximum absolute atomic E-state index is 12.4. The highest BCUT2D eigenvalue weighted by molar-refractivity contribution is 7.87. The molecule has 0 saturated heterocycles. The molecule has 0 atom stereocenters. The van der Waals surface area contributed by atoms with Gasteiger partial charge in [0.1, 0.15) is 10.5 Å². The number of hydrogen-bond acceptors (Lipinski definition) is 5. The summed E-state index contributed by atoms with van der Waals surface area (Å²) >= 11 is 5.93. The highest BCUT2D eigenvalue weighted by Gasteiger charge is 2.23. The molecule has 2 aromatic carbocycles. The number of ether oxygens (including phenoxy) is 1. The van der Waals surface area contributed by atoms with Crippen LogP contribution < -0.4 is 4.18 Å². The van der Waals surface area contributed by atoms with Crippen molar-refractivity contribution in [2.24, 2.45) is 0 Å². The van der Waals surface area contributed by atoms with Gasteiger partial charge in [0.25, 0.3) is 0 Å². The maximum Gasteiger partial charge on any atom is 0.341 e. The fraction of sp³-hybridized carbons (Fsp3) is 0.133. The standard InChI is InChI=1S/C15H13ClO5S/c1-10-12(16)7-5-9-14(10)22(18,19)21-13-8-4-3-6-11(13)15(17)20-2/h3-9H,1-2H3. The van der Waals surface area contributed by atoms with E-state index in [-0.39, 0.29) is 16.2 Å².